The molecule has 2 aromatic carbocycles. The standard InChI is InChI=1S/C18H20N4O2/c1-13(14-8-10-15(24-3)11-9-14)21(2)18(23)12-22-17-7-5-4-6-16(17)19-20-22/h4-11,13H,12H2,1-3H3. The number of para-hydroxylation sites is 1. The Kier molecular flexibility index (Phi) is 4.46. The highest BCUT2D eigenvalue weighted by Gasteiger charge is 2.19. The number of carbonyl (C=O) groups excluding carboxylic acids is 1. The number of aromatic nitrogens is 3. The smallest absolute Gasteiger partial charge is 0.244 e. The van der Waals surface area contributed by atoms with Crippen molar-refractivity contribution in [3.05, 3.63) is 54.1 Å². The highest BCUT2D eigenvalue weighted by atomic mass is 16.5. The van der Waals surface area contributed by atoms with Crippen molar-refractivity contribution in [2.45, 2.75) is 19.5 Å². The van der Waals surface area contributed by atoms with Crippen molar-refractivity contribution in [2.75, 3.05) is 14.2 Å². The average molecular weight is 324 g/mol. The molecule has 0 fully saturated rings. The first kappa shape index (κ1) is 16.0. The van der Waals surface area contributed by atoms with E-state index in [4.69, 9.17) is 4.74 Å². The second-order valence-corrected chi connectivity index (χ2v) is 5.69. The van der Waals surface area contributed by atoms with Gasteiger partial charge in [0, 0.05) is 7.05 Å². The molecule has 0 radical (unpaired) electrons. The van der Waals surface area contributed by atoms with Crippen LogP contribution in [-0.2, 0) is 11.3 Å². The summed E-state index contributed by atoms with van der Waals surface area (Å²) in [4.78, 5) is 14.3. The van der Waals surface area contributed by atoms with Crippen molar-refractivity contribution in [3.8, 4) is 5.75 Å². The van der Waals surface area contributed by atoms with Crippen LogP contribution < -0.4 is 4.74 Å². The first-order valence-electron chi connectivity index (χ1n) is 7.78. The van der Waals surface area contributed by atoms with E-state index in [1.807, 2.05) is 55.5 Å². The summed E-state index contributed by atoms with van der Waals surface area (Å²) < 4.78 is 6.80. The summed E-state index contributed by atoms with van der Waals surface area (Å²) in [5.41, 5.74) is 2.70. The summed E-state index contributed by atoms with van der Waals surface area (Å²) in [7, 11) is 3.44. The number of hydrogen-bond acceptors (Lipinski definition) is 4. The van der Waals surface area contributed by atoms with Crippen molar-refractivity contribution < 1.29 is 9.53 Å². The van der Waals surface area contributed by atoms with E-state index in [0.29, 0.717) is 0 Å². The van der Waals surface area contributed by atoms with Gasteiger partial charge in [-0.3, -0.25) is 4.79 Å². The molecule has 1 amide bonds. The molecule has 0 saturated heterocycles. The summed E-state index contributed by atoms with van der Waals surface area (Å²) in [6.45, 7) is 2.16. The molecule has 0 spiro atoms. The van der Waals surface area contributed by atoms with Crippen LogP contribution in [0.1, 0.15) is 18.5 Å². The maximum absolute atomic E-state index is 12.6. The molecule has 0 saturated carbocycles. The van der Waals surface area contributed by atoms with E-state index in [2.05, 4.69) is 10.3 Å². The Morgan fingerprint density at radius 1 is 1.21 bits per heavy atom. The Bertz CT molecular complexity index is 842. The van der Waals surface area contributed by atoms with E-state index >= 15 is 0 Å². The molecule has 1 unspecified atom stereocenters. The second-order valence-electron chi connectivity index (χ2n) is 5.69. The van der Waals surface area contributed by atoms with Crippen molar-refractivity contribution in [1.29, 1.82) is 0 Å². The normalized spacial score (nSPS) is 12.1. The number of ether oxygens (including phenoxy) is 1. The highest BCUT2D eigenvalue weighted by Crippen LogP contribution is 2.22. The van der Waals surface area contributed by atoms with Crippen molar-refractivity contribution in [2.24, 2.45) is 0 Å². The zero-order valence-electron chi connectivity index (χ0n) is 14.0. The molecule has 3 aromatic rings. The fraction of sp³-hybridized carbons (Fsp3) is 0.278. The molecule has 0 aliphatic rings. The predicted octanol–water partition coefficient (Wildman–Crippen LogP) is 2.66. The first-order chi connectivity index (χ1) is 11.6. The van der Waals surface area contributed by atoms with E-state index < -0.39 is 0 Å². The molecule has 3 rings (SSSR count). The minimum absolute atomic E-state index is 0.0195. The largest absolute Gasteiger partial charge is 0.497 e. The topological polar surface area (TPSA) is 60.2 Å². The molecule has 124 valence electrons. The van der Waals surface area contributed by atoms with Gasteiger partial charge in [-0.1, -0.05) is 29.5 Å². The van der Waals surface area contributed by atoms with Gasteiger partial charge in [0.25, 0.3) is 0 Å². The number of nitrogens with zero attached hydrogens (tertiary/aromatic N) is 4. The molecule has 1 aromatic heterocycles. The molecule has 6 heteroatoms. The molecule has 6 nitrogen and oxygen atoms in total. The van der Waals surface area contributed by atoms with E-state index in [0.717, 1.165) is 22.3 Å². The lowest BCUT2D eigenvalue weighted by Crippen LogP contribution is -2.32. The fourth-order valence-corrected chi connectivity index (χ4v) is 2.60. The van der Waals surface area contributed by atoms with Gasteiger partial charge in [0.15, 0.2) is 0 Å². The fourth-order valence-electron chi connectivity index (χ4n) is 2.60. The SMILES string of the molecule is COc1ccc(C(C)N(C)C(=O)Cn2nnc3ccccc32)cc1. The number of hydrogen-bond donors (Lipinski definition) is 0. The molecule has 1 heterocycles. The maximum atomic E-state index is 12.6. The predicted molar refractivity (Wildman–Crippen MR) is 91.7 cm³/mol. The third-order valence-electron chi connectivity index (χ3n) is 4.28. The molecular formula is C18H20N4O2. The van der Waals surface area contributed by atoms with E-state index in [1.54, 1.807) is 23.7 Å². The molecular weight excluding hydrogens is 304 g/mol. The van der Waals surface area contributed by atoms with Crippen LogP contribution in [0, 0.1) is 0 Å². The van der Waals surface area contributed by atoms with Gasteiger partial charge < -0.3 is 9.64 Å². The van der Waals surface area contributed by atoms with Crippen LogP contribution in [0.4, 0.5) is 0 Å². The maximum Gasteiger partial charge on any atom is 0.244 e. The number of rotatable bonds is 5. The summed E-state index contributed by atoms with van der Waals surface area (Å²) in [6.07, 6.45) is 0. The van der Waals surface area contributed by atoms with Gasteiger partial charge in [-0.15, -0.1) is 5.10 Å². The van der Waals surface area contributed by atoms with Crippen LogP contribution >= 0.6 is 0 Å². The number of amides is 1. The van der Waals surface area contributed by atoms with Gasteiger partial charge in [-0.25, -0.2) is 4.68 Å². The Morgan fingerprint density at radius 2 is 1.92 bits per heavy atom. The average Bonchev–Trinajstić information content (AvgIpc) is 3.03. The zero-order chi connectivity index (χ0) is 17.1. The highest BCUT2D eigenvalue weighted by molar-refractivity contribution is 5.80. The second kappa shape index (κ2) is 6.70. The number of fused-ring (bicyclic) bond motifs is 1. The van der Waals surface area contributed by atoms with Gasteiger partial charge in [0.1, 0.15) is 17.8 Å². The summed E-state index contributed by atoms with van der Waals surface area (Å²) >= 11 is 0. The molecule has 0 aliphatic carbocycles. The van der Waals surface area contributed by atoms with Crippen molar-refractivity contribution in [3.63, 3.8) is 0 Å². The van der Waals surface area contributed by atoms with Crippen LogP contribution in [-0.4, -0.2) is 40.0 Å². The number of benzene rings is 2. The Hall–Kier alpha value is -2.89. The lowest BCUT2D eigenvalue weighted by Gasteiger charge is -2.25. The van der Waals surface area contributed by atoms with Gasteiger partial charge in [-0.2, -0.15) is 0 Å². The number of carbonyl (C=O) groups is 1. The van der Waals surface area contributed by atoms with Crippen LogP contribution in [0.15, 0.2) is 48.5 Å². The van der Waals surface area contributed by atoms with Gasteiger partial charge in [0.2, 0.25) is 5.91 Å². The monoisotopic (exact) mass is 324 g/mol. The summed E-state index contributed by atoms with van der Waals surface area (Å²) in [6, 6.07) is 15.3. The van der Waals surface area contributed by atoms with Gasteiger partial charge in [0.05, 0.1) is 18.7 Å². The molecule has 24 heavy (non-hydrogen) atoms. The Morgan fingerprint density at radius 3 is 2.62 bits per heavy atom. The lowest BCUT2D eigenvalue weighted by atomic mass is 10.1. The third kappa shape index (κ3) is 3.08. The summed E-state index contributed by atoms with van der Waals surface area (Å²) in [5.74, 6) is 0.781. The van der Waals surface area contributed by atoms with Crippen LogP contribution in [0.25, 0.3) is 11.0 Å². The number of likely N-dealkylation sites (N-methyl/N-ethyl adjacent to an activating group) is 1. The summed E-state index contributed by atoms with van der Waals surface area (Å²) in [5, 5.41) is 8.16. The number of methoxy groups -OCH3 is 1. The van der Waals surface area contributed by atoms with Gasteiger partial charge >= 0.3 is 0 Å². The zero-order valence-corrected chi connectivity index (χ0v) is 14.0. The molecule has 0 bridgehead atoms. The lowest BCUT2D eigenvalue weighted by molar-refractivity contribution is -0.132. The van der Waals surface area contributed by atoms with Crippen LogP contribution in [0.5, 0.6) is 5.75 Å². The molecule has 0 N–H and O–H groups in total. The minimum Gasteiger partial charge on any atom is -0.497 e. The van der Waals surface area contributed by atoms with Crippen molar-refractivity contribution >= 4 is 16.9 Å². The Balaban J connectivity index is 1.73. The molecule has 1 atom stereocenters. The van der Waals surface area contributed by atoms with Crippen LogP contribution in [0.2, 0.25) is 0 Å². The quantitative estimate of drug-likeness (QED) is 0.724. The van der Waals surface area contributed by atoms with Crippen LogP contribution in [0.3, 0.4) is 0 Å². The Labute approximate surface area is 140 Å². The first-order valence-corrected chi connectivity index (χ1v) is 7.78. The minimum atomic E-state index is -0.0433. The molecule has 0 aliphatic heterocycles. The third-order valence-corrected chi connectivity index (χ3v) is 4.28. The van der Waals surface area contributed by atoms with Gasteiger partial charge in [-0.05, 0) is 36.8 Å². The van der Waals surface area contributed by atoms with E-state index in [9.17, 15) is 4.79 Å². The van der Waals surface area contributed by atoms with E-state index in [-0.39, 0.29) is 18.5 Å². The van der Waals surface area contributed by atoms with E-state index in [1.165, 1.54) is 0 Å². The van der Waals surface area contributed by atoms with Crippen molar-refractivity contribution in [1.82, 2.24) is 19.9 Å².